The van der Waals surface area contributed by atoms with Crippen LogP contribution in [0.2, 0.25) is 0 Å². The maximum Gasteiger partial charge on any atom is 0.410 e. The fourth-order valence-corrected chi connectivity index (χ4v) is 2.76. The predicted molar refractivity (Wildman–Crippen MR) is 96.3 cm³/mol. The van der Waals surface area contributed by atoms with E-state index in [1.54, 1.807) is 30.4 Å². The standard InChI is InChI=1S/C18H23N5O3/c1-13-16(19-20-23(13)14-8-6-5-7-9-14)22-11-10-21(12-15(22)24)17(25)26-18(2,3)4/h5-9H,10-12H2,1-4H3. The van der Waals surface area contributed by atoms with Crippen molar-refractivity contribution in [1.29, 1.82) is 0 Å². The lowest BCUT2D eigenvalue weighted by molar-refractivity contribution is -0.121. The van der Waals surface area contributed by atoms with Crippen LogP contribution in [0.1, 0.15) is 26.5 Å². The molecule has 1 fully saturated rings. The number of para-hydroxylation sites is 1. The Morgan fingerprint density at radius 1 is 1.15 bits per heavy atom. The summed E-state index contributed by atoms with van der Waals surface area (Å²) in [4.78, 5) is 27.7. The Morgan fingerprint density at radius 3 is 2.46 bits per heavy atom. The van der Waals surface area contributed by atoms with E-state index in [0.29, 0.717) is 18.9 Å². The van der Waals surface area contributed by atoms with Gasteiger partial charge in [0, 0.05) is 13.1 Å². The Bertz CT molecular complexity index is 810. The third-order valence-electron chi connectivity index (χ3n) is 4.00. The number of carbonyl (C=O) groups is 2. The van der Waals surface area contributed by atoms with Gasteiger partial charge in [0.2, 0.25) is 5.91 Å². The van der Waals surface area contributed by atoms with Gasteiger partial charge in [-0.1, -0.05) is 23.4 Å². The summed E-state index contributed by atoms with van der Waals surface area (Å²) >= 11 is 0. The first-order valence-electron chi connectivity index (χ1n) is 8.52. The second kappa shape index (κ2) is 6.78. The average Bonchev–Trinajstić information content (AvgIpc) is 2.95. The fourth-order valence-electron chi connectivity index (χ4n) is 2.76. The average molecular weight is 357 g/mol. The first-order valence-corrected chi connectivity index (χ1v) is 8.52. The number of benzene rings is 1. The first kappa shape index (κ1) is 17.9. The van der Waals surface area contributed by atoms with Gasteiger partial charge in [-0.05, 0) is 39.8 Å². The minimum absolute atomic E-state index is 0.0352. The van der Waals surface area contributed by atoms with Crippen LogP contribution in [-0.2, 0) is 9.53 Å². The van der Waals surface area contributed by atoms with E-state index < -0.39 is 11.7 Å². The van der Waals surface area contributed by atoms with Crippen molar-refractivity contribution in [2.24, 2.45) is 0 Å². The van der Waals surface area contributed by atoms with Crippen molar-refractivity contribution in [3.63, 3.8) is 0 Å². The molecule has 0 atom stereocenters. The topological polar surface area (TPSA) is 80.6 Å². The summed E-state index contributed by atoms with van der Waals surface area (Å²) in [5, 5.41) is 8.34. The number of carbonyl (C=O) groups excluding carboxylic acids is 2. The van der Waals surface area contributed by atoms with Gasteiger partial charge >= 0.3 is 6.09 Å². The molecule has 8 heteroatoms. The Balaban J connectivity index is 1.74. The van der Waals surface area contributed by atoms with Crippen LogP contribution in [-0.4, -0.2) is 57.1 Å². The molecule has 0 aliphatic carbocycles. The van der Waals surface area contributed by atoms with E-state index in [1.165, 1.54) is 4.90 Å². The molecule has 0 radical (unpaired) electrons. The zero-order valence-electron chi connectivity index (χ0n) is 15.5. The predicted octanol–water partition coefficient (Wildman–Crippen LogP) is 2.16. The van der Waals surface area contributed by atoms with E-state index >= 15 is 0 Å². The highest BCUT2D eigenvalue weighted by Gasteiger charge is 2.33. The van der Waals surface area contributed by atoms with Gasteiger partial charge in [-0.2, -0.15) is 0 Å². The molecule has 2 heterocycles. The molecule has 0 saturated carbocycles. The van der Waals surface area contributed by atoms with E-state index in [4.69, 9.17) is 4.74 Å². The molecule has 26 heavy (non-hydrogen) atoms. The lowest BCUT2D eigenvalue weighted by Gasteiger charge is -2.34. The third kappa shape index (κ3) is 3.68. The number of nitrogens with zero attached hydrogens (tertiary/aromatic N) is 5. The van der Waals surface area contributed by atoms with Gasteiger partial charge in [0.05, 0.1) is 11.4 Å². The lowest BCUT2D eigenvalue weighted by atomic mass is 10.2. The van der Waals surface area contributed by atoms with E-state index in [0.717, 1.165) is 11.4 Å². The quantitative estimate of drug-likeness (QED) is 0.823. The molecule has 2 amide bonds. The molecule has 0 spiro atoms. The van der Waals surface area contributed by atoms with Crippen molar-refractivity contribution < 1.29 is 14.3 Å². The second-order valence-electron chi connectivity index (χ2n) is 7.19. The van der Waals surface area contributed by atoms with Crippen LogP contribution < -0.4 is 4.90 Å². The zero-order chi connectivity index (χ0) is 18.9. The van der Waals surface area contributed by atoms with Crippen LogP contribution in [0.3, 0.4) is 0 Å². The zero-order valence-corrected chi connectivity index (χ0v) is 15.5. The van der Waals surface area contributed by atoms with Gasteiger partial charge in [0.1, 0.15) is 12.1 Å². The van der Waals surface area contributed by atoms with Crippen LogP contribution in [0, 0.1) is 6.92 Å². The van der Waals surface area contributed by atoms with Crippen molar-refractivity contribution in [3.8, 4) is 5.69 Å². The molecule has 8 nitrogen and oxygen atoms in total. The van der Waals surface area contributed by atoms with Crippen molar-refractivity contribution in [2.75, 3.05) is 24.5 Å². The second-order valence-corrected chi connectivity index (χ2v) is 7.19. The minimum Gasteiger partial charge on any atom is -0.444 e. The number of rotatable bonds is 2. The molecule has 138 valence electrons. The van der Waals surface area contributed by atoms with Gasteiger partial charge in [0.25, 0.3) is 0 Å². The highest BCUT2D eigenvalue weighted by Crippen LogP contribution is 2.22. The lowest BCUT2D eigenvalue weighted by Crippen LogP contribution is -2.53. The minimum atomic E-state index is -0.591. The summed E-state index contributed by atoms with van der Waals surface area (Å²) in [6.45, 7) is 7.98. The first-order chi connectivity index (χ1) is 12.3. The monoisotopic (exact) mass is 357 g/mol. The van der Waals surface area contributed by atoms with Gasteiger partial charge in [-0.25, -0.2) is 9.48 Å². The van der Waals surface area contributed by atoms with Crippen molar-refractivity contribution in [3.05, 3.63) is 36.0 Å². The maximum atomic E-state index is 12.6. The number of hydrogen-bond acceptors (Lipinski definition) is 5. The SMILES string of the molecule is Cc1c(N2CCN(C(=O)OC(C)(C)C)CC2=O)nnn1-c1ccccc1. The number of amides is 2. The molecule has 0 N–H and O–H groups in total. The summed E-state index contributed by atoms with van der Waals surface area (Å²) in [5.41, 5.74) is 1.06. The Labute approximate surface area is 152 Å². The maximum absolute atomic E-state index is 12.6. The fraction of sp³-hybridized carbons (Fsp3) is 0.444. The largest absolute Gasteiger partial charge is 0.444 e. The van der Waals surface area contributed by atoms with Crippen molar-refractivity contribution in [1.82, 2.24) is 19.9 Å². The number of piperazine rings is 1. The summed E-state index contributed by atoms with van der Waals surface area (Å²) in [6, 6.07) is 9.61. The van der Waals surface area contributed by atoms with Gasteiger partial charge < -0.3 is 4.74 Å². The van der Waals surface area contributed by atoms with Crippen LogP contribution in [0.4, 0.5) is 10.6 Å². The summed E-state index contributed by atoms with van der Waals surface area (Å²) < 4.78 is 7.03. The van der Waals surface area contributed by atoms with Crippen molar-refractivity contribution in [2.45, 2.75) is 33.3 Å². The van der Waals surface area contributed by atoms with Gasteiger partial charge in [-0.15, -0.1) is 5.10 Å². The molecule has 0 bridgehead atoms. The van der Waals surface area contributed by atoms with Gasteiger partial charge in [-0.3, -0.25) is 14.6 Å². The van der Waals surface area contributed by atoms with Crippen LogP contribution in [0.25, 0.3) is 5.69 Å². The van der Waals surface area contributed by atoms with E-state index in [2.05, 4.69) is 10.3 Å². The summed E-state index contributed by atoms with van der Waals surface area (Å²) in [6.07, 6.45) is -0.477. The molecular weight excluding hydrogens is 334 g/mol. The third-order valence-corrected chi connectivity index (χ3v) is 4.00. The number of ether oxygens (including phenoxy) is 1. The van der Waals surface area contributed by atoms with E-state index in [9.17, 15) is 9.59 Å². The number of anilines is 1. The highest BCUT2D eigenvalue weighted by molar-refractivity contribution is 5.96. The molecule has 1 aromatic heterocycles. The molecular formula is C18H23N5O3. The van der Waals surface area contributed by atoms with Crippen LogP contribution >= 0.6 is 0 Å². The smallest absolute Gasteiger partial charge is 0.410 e. The van der Waals surface area contributed by atoms with Crippen molar-refractivity contribution >= 4 is 17.8 Å². The summed E-state index contributed by atoms with van der Waals surface area (Å²) in [5.74, 6) is 0.313. The van der Waals surface area contributed by atoms with Crippen LogP contribution in [0.5, 0.6) is 0 Å². The molecule has 2 aromatic rings. The normalized spacial score (nSPS) is 15.3. The number of aromatic nitrogens is 3. The van der Waals surface area contributed by atoms with E-state index in [-0.39, 0.29) is 12.5 Å². The Kier molecular flexibility index (Phi) is 4.67. The molecule has 1 aliphatic rings. The molecule has 1 aromatic carbocycles. The molecule has 1 saturated heterocycles. The Morgan fingerprint density at radius 2 is 1.85 bits per heavy atom. The van der Waals surface area contributed by atoms with E-state index in [1.807, 2.05) is 37.3 Å². The van der Waals surface area contributed by atoms with Crippen LogP contribution in [0.15, 0.2) is 30.3 Å². The number of hydrogen-bond donors (Lipinski definition) is 0. The Hall–Kier alpha value is -2.90. The molecule has 1 aliphatic heterocycles. The van der Waals surface area contributed by atoms with Gasteiger partial charge in [0.15, 0.2) is 5.82 Å². The molecule has 3 rings (SSSR count). The highest BCUT2D eigenvalue weighted by atomic mass is 16.6. The molecule has 0 unspecified atom stereocenters. The summed E-state index contributed by atoms with van der Waals surface area (Å²) in [7, 11) is 0.